The number of fused-ring (bicyclic) bond motifs is 1. The molecule has 0 aromatic heterocycles. The molecule has 7 N–H and O–H groups in total. The maximum atomic E-state index is 11.1. The van der Waals surface area contributed by atoms with E-state index < -0.39 is 30.4 Å². The van der Waals surface area contributed by atoms with Gasteiger partial charge in [-0.05, 0) is 12.8 Å². The lowest BCUT2D eigenvalue weighted by Gasteiger charge is -2.16. The summed E-state index contributed by atoms with van der Waals surface area (Å²) in [4.78, 5) is 41.1. The number of hydrogen-bond acceptors (Lipinski definition) is 6. The van der Waals surface area contributed by atoms with Crippen molar-refractivity contribution >= 4 is 35.7 Å². The van der Waals surface area contributed by atoms with Gasteiger partial charge in [0.2, 0.25) is 0 Å². The fourth-order valence-electron chi connectivity index (χ4n) is 2.54. The molecule has 0 radical (unpaired) electrons. The predicted molar refractivity (Wildman–Crippen MR) is 89.5 cm³/mol. The number of aliphatic carboxylic acids is 3. The van der Waals surface area contributed by atoms with Crippen LogP contribution in [0, 0.1) is 0 Å². The summed E-state index contributed by atoms with van der Waals surface area (Å²) < 4.78 is 0. The van der Waals surface area contributed by atoms with Crippen LogP contribution in [0.5, 0.6) is 0 Å². The molecule has 0 aliphatic carbocycles. The highest BCUT2D eigenvalue weighted by molar-refractivity contribution is 8.00. The molecule has 2 rings (SSSR count). The van der Waals surface area contributed by atoms with Crippen molar-refractivity contribution in [2.45, 2.75) is 55.5 Å². The molecule has 0 saturated carbocycles. The number of nitrogens with one attached hydrogen (secondary N) is 2. The third-order valence-electron chi connectivity index (χ3n) is 3.78. The van der Waals surface area contributed by atoms with Gasteiger partial charge in [-0.25, -0.2) is 4.79 Å². The minimum Gasteiger partial charge on any atom is -0.481 e. The molecule has 0 aromatic carbocycles. The molecule has 142 valence electrons. The van der Waals surface area contributed by atoms with Gasteiger partial charge >= 0.3 is 23.9 Å². The Morgan fingerprint density at radius 2 is 1.84 bits per heavy atom. The highest BCUT2D eigenvalue weighted by Gasteiger charge is 2.42. The average Bonchev–Trinajstić information content (AvgIpc) is 3.03. The number of amides is 2. The number of hydrogen-bond donors (Lipinski definition) is 6. The Morgan fingerprint density at radius 3 is 2.36 bits per heavy atom. The Morgan fingerprint density at radius 1 is 1.16 bits per heavy atom. The van der Waals surface area contributed by atoms with Gasteiger partial charge in [0.05, 0.1) is 18.5 Å². The van der Waals surface area contributed by atoms with E-state index in [1.54, 1.807) is 0 Å². The van der Waals surface area contributed by atoms with Crippen molar-refractivity contribution in [1.29, 1.82) is 0 Å². The lowest BCUT2D eigenvalue weighted by molar-refractivity contribution is -0.144. The summed E-state index contributed by atoms with van der Waals surface area (Å²) in [5.74, 6) is -2.26. The first-order valence-electron chi connectivity index (χ1n) is 7.81. The smallest absolute Gasteiger partial charge is 0.321 e. The van der Waals surface area contributed by atoms with E-state index in [1.807, 2.05) is 11.8 Å². The van der Waals surface area contributed by atoms with Gasteiger partial charge in [-0.15, -0.1) is 0 Å². The van der Waals surface area contributed by atoms with E-state index in [-0.39, 0.29) is 24.5 Å². The normalized spacial score (nSPS) is 25.0. The lowest BCUT2D eigenvalue weighted by Crippen LogP contribution is -2.36. The third-order valence-corrected chi connectivity index (χ3v) is 5.29. The Labute approximate surface area is 148 Å². The fourth-order valence-corrected chi connectivity index (χ4v) is 4.08. The first kappa shape index (κ1) is 21.0. The molecule has 4 atom stereocenters. The summed E-state index contributed by atoms with van der Waals surface area (Å²) in [6.45, 7) is 0. The van der Waals surface area contributed by atoms with Crippen molar-refractivity contribution in [2.75, 3.05) is 5.75 Å². The van der Waals surface area contributed by atoms with Gasteiger partial charge in [0.1, 0.15) is 6.04 Å². The van der Waals surface area contributed by atoms with Gasteiger partial charge in [-0.3, -0.25) is 14.4 Å². The molecule has 25 heavy (non-hydrogen) atoms. The van der Waals surface area contributed by atoms with E-state index in [1.165, 1.54) is 0 Å². The molecular weight excluding hydrogens is 354 g/mol. The standard InChI is InChI=1S/C10H16N2O3S.C4H7NO4/c13-8(14)4-2-1-3-7-9-6(5-16-7)11-10(15)12-9;5-2(4(8)9)1-3(6)7/h6-7,9H,1-5H2,(H,13,14)(H2,11,12,15);2H,1,5H2,(H,6,7)(H,8,9)/t6-,7-,9-;2-/m00/s1. The average molecular weight is 377 g/mol. The number of carbonyl (C=O) groups excluding carboxylic acids is 1. The number of carboxylic acids is 3. The number of nitrogens with two attached hydrogens (primary N) is 1. The number of carboxylic acid groups (broad SMARTS) is 3. The van der Waals surface area contributed by atoms with Crippen LogP contribution in [0.2, 0.25) is 0 Å². The zero-order chi connectivity index (χ0) is 19.0. The molecule has 11 heteroatoms. The minimum atomic E-state index is -1.29. The van der Waals surface area contributed by atoms with E-state index in [9.17, 15) is 19.2 Å². The van der Waals surface area contributed by atoms with Crippen molar-refractivity contribution in [3.63, 3.8) is 0 Å². The second-order valence-electron chi connectivity index (χ2n) is 5.80. The van der Waals surface area contributed by atoms with E-state index in [0.717, 1.165) is 25.0 Å². The monoisotopic (exact) mass is 377 g/mol. The van der Waals surface area contributed by atoms with Crippen LogP contribution >= 0.6 is 11.8 Å². The van der Waals surface area contributed by atoms with Gasteiger partial charge in [0, 0.05) is 17.4 Å². The zero-order valence-electron chi connectivity index (χ0n) is 13.5. The molecule has 0 spiro atoms. The Kier molecular flexibility index (Phi) is 8.49. The van der Waals surface area contributed by atoms with Crippen molar-refractivity contribution in [2.24, 2.45) is 5.73 Å². The molecule has 2 aliphatic heterocycles. The van der Waals surface area contributed by atoms with Crippen LogP contribution in [0.15, 0.2) is 0 Å². The summed E-state index contributed by atoms with van der Waals surface area (Å²) >= 11 is 1.87. The van der Waals surface area contributed by atoms with Crippen LogP contribution in [0.1, 0.15) is 32.1 Å². The fraction of sp³-hybridized carbons (Fsp3) is 0.714. The van der Waals surface area contributed by atoms with Gasteiger partial charge in [-0.2, -0.15) is 11.8 Å². The highest BCUT2D eigenvalue weighted by Crippen LogP contribution is 2.33. The van der Waals surface area contributed by atoms with Crippen molar-refractivity contribution in [1.82, 2.24) is 10.6 Å². The summed E-state index contributed by atoms with van der Waals surface area (Å²) in [5.41, 5.74) is 4.84. The molecule has 10 nitrogen and oxygen atoms in total. The minimum absolute atomic E-state index is 0.0640. The van der Waals surface area contributed by atoms with E-state index in [0.29, 0.717) is 5.25 Å². The molecular formula is C14H23N3O7S. The van der Waals surface area contributed by atoms with Crippen LogP contribution in [-0.4, -0.2) is 68.4 Å². The van der Waals surface area contributed by atoms with Crippen LogP contribution in [0.25, 0.3) is 0 Å². The van der Waals surface area contributed by atoms with Crippen LogP contribution in [0.4, 0.5) is 4.79 Å². The maximum absolute atomic E-state index is 11.1. The number of rotatable bonds is 8. The van der Waals surface area contributed by atoms with E-state index in [2.05, 4.69) is 10.6 Å². The summed E-state index contributed by atoms with van der Waals surface area (Å²) in [6.07, 6.45) is 2.35. The maximum Gasteiger partial charge on any atom is 0.321 e. The summed E-state index contributed by atoms with van der Waals surface area (Å²) in [6, 6.07) is -0.849. The molecule has 2 aliphatic rings. The van der Waals surface area contributed by atoms with Crippen LogP contribution < -0.4 is 16.4 Å². The molecule has 2 heterocycles. The molecule has 0 aromatic rings. The Balaban J connectivity index is 0.000000299. The van der Waals surface area contributed by atoms with Crippen LogP contribution in [0.3, 0.4) is 0 Å². The number of thioether (sulfide) groups is 1. The largest absolute Gasteiger partial charge is 0.481 e. The van der Waals surface area contributed by atoms with Crippen molar-refractivity contribution < 1.29 is 34.5 Å². The van der Waals surface area contributed by atoms with Crippen molar-refractivity contribution in [3.8, 4) is 0 Å². The Hall–Kier alpha value is -2.01. The number of carbonyl (C=O) groups is 4. The SMILES string of the molecule is N[C@@H](CC(=O)O)C(=O)O.O=C(O)CCCC[C@@H]1SC[C@@H]2NC(=O)N[C@@H]21. The quantitative estimate of drug-likeness (QED) is 0.244. The number of unbranched alkanes of at least 4 members (excludes halogenated alkanes) is 1. The lowest BCUT2D eigenvalue weighted by atomic mass is 10.0. The molecule has 2 saturated heterocycles. The third kappa shape index (κ3) is 7.61. The van der Waals surface area contributed by atoms with Gasteiger partial charge < -0.3 is 31.7 Å². The first-order chi connectivity index (χ1) is 11.7. The Bertz CT molecular complexity index is 517. The molecule has 0 bridgehead atoms. The van der Waals surface area contributed by atoms with E-state index >= 15 is 0 Å². The van der Waals surface area contributed by atoms with Gasteiger partial charge in [0.25, 0.3) is 0 Å². The predicted octanol–water partition coefficient (Wildman–Crippen LogP) is -0.330. The molecule has 2 amide bonds. The van der Waals surface area contributed by atoms with E-state index in [4.69, 9.17) is 21.1 Å². The van der Waals surface area contributed by atoms with Crippen molar-refractivity contribution in [3.05, 3.63) is 0 Å². The summed E-state index contributed by atoms with van der Waals surface area (Å²) in [5, 5.41) is 30.8. The summed E-state index contributed by atoms with van der Waals surface area (Å²) in [7, 11) is 0. The topological polar surface area (TPSA) is 179 Å². The zero-order valence-corrected chi connectivity index (χ0v) is 14.3. The molecule has 0 unspecified atom stereocenters. The second-order valence-corrected chi connectivity index (χ2v) is 7.08. The van der Waals surface area contributed by atoms with Crippen LogP contribution in [-0.2, 0) is 14.4 Å². The molecule has 2 fully saturated rings. The highest BCUT2D eigenvalue weighted by atomic mass is 32.2. The second kappa shape index (κ2) is 10.1. The van der Waals surface area contributed by atoms with Gasteiger partial charge in [-0.1, -0.05) is 6.42 Å². The first-order valence-corrected chi connectivity index (χ1v) is 8.86. The van der Waals surface area contributed by atoms with Gasteiger partial charge in [0.15, 0.2) is 0 Å². The number of urea groups is 1.